The number of unbranched alkanes of at least 4 members (excludes halogenated alkanes) is 12. The van der Waals surface area contributed by atoms with E-state index in [-0.39, 0.29) is 9.13 Å². The first-order valence-corrected chi connectivity index (χ1v) is 15.9. The lowest BCUT2D eigenvalue weighted by atomic mass is 9.96. The lowest BCUT2D eigenvalue weighted by Crippen LogP contribution is -2.02. The van der Waals surface area contributed by atoms with Crippen molar-refractivity contribution in [3.05, 3.63) is 57.2 Å². The molecule has 0 amide bonds. The molecule has 2 aromatic rings. The van der Waals surface area contributed by atoms with Gasteiger partial charge in [0.15, 0.2) is 0 Å². The first-order valence-electron chi connectivity index (χ1n) is 13.0. The minimum absolute atomic E-state index is 0.0307. The average molecular weight is 581 g/mol. The largest absolute Gasteiger partial charge is 0.478 e. The number of halogens is 1. The van der Waals surface area contributed by atoms with Gasteiger partial charge in [0.05, 0.1) is 9.13 Å². The maximum absolute atomic E-state index is 11.7. The highest BCUT2D eigenvalue weighted by Gasteiger charge is 2.18. The molecule has 0 heterocycles. The lowest BCUT2D eigenvalue weighted by molar-refractivity contribution is 0.0698. The summed E-state index contributed by atoms with van der Waals surface area (Å²) in [5.41, 5.74) is 1.02. The Balaban J connectivity index is 1.65. The lowest BCUT2D eigenvalue weighted by Gasteiger charge is -2.10. The zero-order valence-electron chi connectivity index (χ0n) is 20.7. The molecule has 0 bridgehead atoms. The summed E-state index contributed by atoms with van der Waals surface area (Å²) in [5, 5.41) is 10.9. The Morgan fingerprint density at radius 1 is 0.765 bits per heavy atom. The second-order valence-corrected chi connectivity index (χ2v) is 11.5. The predicted molar refractivity (Wildman–Crippen MR) is 148 cm³/mol. The van der Waals surface area contributed by atoms with Crippen LogP contribution in [0.5, 0.6) is 0 Å². The van der Waals surface area contributed by atoms with Gasteiger partial charge in [0.2, 0.25) is 0 Å². The highest BCUT2D eigenvalue weighted by atomic mass is 127. The van der Waals surface area contributed by atoms with Crippen LogP contribution in [-0.4, -0.2) is 11.1 Å². The monoisotopic (exact) mass is 580 g/mol. The highest BCUT2D eigenvalue weighted by molar-refractivity contribution is 14.2. The average Bonchev–Trinajstić information content (AvgIpc) is 2.82. The molecule has 2 rings (SSSR count). The Morgan fingerprint density at radius 3 is 1.94 bits per heavy atom. The van der Waals surface area contributed by atoms with Crippen molar-refractivity contribution in [1.29, 1.82) is 0 Å². The number of carboxylic acid groups (broad SMARTS) is 1. The SMILES string of the molecule is CCCCCCCCCCC=CCCCCCCc1cccc2c(C(=O)O)c(I(=O)=O)ccc12. The number of fused-ring (bicyclic) bond motifs is 1. The molecule has 0 atom stereocenters. The van der Waals surface area contributed by atoms with Gasteiger partial charge in [-0.1, -0.05) is 101 Å². The van der Waals surface area contributed by atoms with E-state index < -0.39 is 25.8 Å². The molecule has 0 aliphatic rings. The number of aryl methyl sites for hydroxylation is 1. The number of carboxylic acids is 1. The van der Waals surface area contributed by atoms with Gasteiger partial charge >= 0.3 is 25.8 Å². The van der Waals surface area contributed by atoms with E-state index in [1.807, 2.05) is 12.1 Å². The summed E-state index contributed by atoms with van der Waals surface area (Å²) in [6.45, 7) is 2.26. The molecule has 5 heteroatoms. The van der Waals surface area contributed by atoms with Crippen molar-refractivity contribution in [1.82, 2.24) is 0 Å². The van der Waals surface area contributed by atoms with E-state index in [2.05, 4.69) is 19.1 Å². The molecule has 4 nitrogen and oxygen atoms in total. The van der Waals surface area contributed by atoms with E-state index in [0.29, 0.717) is 5.39 Å². The molecule has 188 valence electrons. The maximum atomic E-state index is 11.7. The van der Waals surface area contributed by atoms with E-state index >= 15 is 0 Å². The number of hydrogen-bond acceptors (Lipinski definition) is 3. The number of aromatic carboxylic acids is 1. The fraction of sp³-hybridized carbons (Fsp3) is 0.552. The first-order chi connectivity index (χ1) is 16.6. The minimum Gasteiger partial charge on any atom is -0.478 e. The molecule has 0 saturated carbocycles. The molecule has 0 saturated heterocycles. The topological polar surface area (TPSA) is 71.4 Å². The van der Waals surface area contributed by atoms with Crippen molar-refractivity contribution in [2.24, 2.45) is 0 Å². The molecule has 0 aliphatic heterocycles. The van der Waals surface area contributed by atoms with Gasteiger partial charge in [0.25, 0.3) is 0 Å². The summed E-state index contributed by atoms with van der Waals surface area (Å²) >= 11 is -3.87. The van der Waals surface area contributed by atoms with E-state index in [1.165, 1.54) is 76.7 Å². The third-order valence-electron chi connectivity index (χ3n) is 6.44. The molecule has 1 N–H and O–H groups in total. The molecular formula is C29H41IO4. The summed E-state index contributed by atoms with van der Waals surface area (Å²) in [6, 6.07) is 8.79. The summed E-state index contributed by atoms with van der Waals surface area (Å²) in [7, 11) is 0. The standard InChI is InChI=1S/C29H41IO4/c1-2-3-4-5-6-7-8-9-10-11-12-13-14-15-16-17-19-24-20-18-21-26-25(24)22-23-27(30(33)34)28(26)29(31)32/h11-12,18,20-23H,2-10,13-17,19H2,1H3,(H,31,32). The first kappa shape index (κ1) is 28.5. The zero-order valence-corrected chi connectivity index (χ0v) is 22.9. The Morgan fingerprint density at radius 2 is 1.35 bits per heavy atom. The second-order valence-electron chi connectivity index (χ2n) is 9.14. The van der Waals surface area contributed by atoms with E-state index in [0.717, 1.165) is 36.6 Å². The number of hydrogen-bond donors (Lipinski definition) is 1. The molecule has 0 radical (unpaired) electrons. The van der Waals surface area contributed by atoms with Gasteiger partial charge in [-0.05, 0) is 60.9 Å². The Bertz CT molecular complexity index is 983. The van der Waals surface area contributed by atoms with Gasteiger partial charge in [0.1, 0.15) is 0 Å². The van der Waals surface area contributed by atoms with Crippen molar-refractivity contribution in [2.45, 2.75) is 103 Å². The van der Waals surface area contributed by atoms with Crippen LogP contribution in [0.4, 0.5) is 0 Å². The van der Waals surface area contributed by atoms with Crippen LogP contribution >= 0.6 is 19.8 Å². The number of rotatable bonds is 18. The van der Waals surface area contributed by atoms with Crippen LogP contribution in [0.15, 0.2) is 42.5 Å². The molecular weight excluding hydrogens is 539 g/mol. The summed E-state index contributed by atoms with van der Waals surface area (Å²) in [6.07, 6.45) is 23.4. The third kappa shape index (κ3) is 9.85. The fourth-order valence-corrected chi connectivity index (χ4v) is 5.96. The van der Waals surface area contributed by atoms with Crippen molar-refractivity contribution in [3.63, 3.8) is 0 Å². The van der Waals surface area contributed by atoms with Crippen molar-refractivity contribution in [3.8, 4) is 0 Å². The quantitative estimate of drug-likeness (QED) is 0.108. The van der Waals surface area contributed by atoms with Gasteiger partial charge < -0.3 is 5.11 Å². The Kier molecular flexibility index (Phi) is 14.1. The number of allylic oxidation sites excluding steroid dienone is 2. The molecule has 0 aliphatic carbocycles. The van der Waals surface area contributed by atoms with Gasteiger partial charge in [-0.15, -0.1) is 0 Å². The van der Waals surface area contributed by atoms with Gasteiger partial charge in [-0.2, -0.15) is 0 Å². The summed E-state index contributed by atoms with van der Waals surface area (Å²) < 4.78 is 23.1. The smallest absolute Gasteiger partial charge is 0.341 e. The van der Waals surface area contributed by atoms with Gasteiger partial charge in [-0.3, -0.25) is 0 Å². The van der Waals surface area contributed by atoms with E-state index in [9.17, 15) is 16.0 Å². The van der Waals surface area contributed by atoms with Crippen molar-refractivity contribution in [2.75, 3.05) is 0 Å². The number of carbonyl (C=O) groups is 1. The van der Waals surface area contributed by atoms with Crippen LogP contribution in [0, 0.1) is 3.57 Å². The van der Waals surface area contributed by atoms with Crippen LogP contribution in [0.1, 0.15) is 113 Å². The van der Waals surface area contributed by atoms with Gasteiger partial charge in [0, 0.05) is 0 Å². The van der Waals surface area contributed by atoms with E-state index in [1.54, 1.807) is 12.1 Å². The summed E-state index contributed by atoms with van der Waals surface area (Å²) in [5.74, 6) is -1.18. The van der Waals surface area contributed by atoms with Crippen molar-refractivity contribution >= 4 is 36.5 Å². The predicted octanol–water partition coefficient (Wildman–Crippen LogP) is 9.49. The minimum atomic E-state index is -3.87. The second kappa shape index (κ2) is 16.8. The van der Waals surface area contributed by atoms with Gasteiger partial charge in [-0.25, -0.2) is 10.9 Å². The maximum Gasteiger partial charge on any atom is 0.341 e. The van der Waals surface area contributed by atoms with E-state index in [4.69, 9.17) is 0 Å². The normalized spacial score (nSPS) is 11.7. The highest BCUT2D eigenvalue weighted by Crippen LogP contribution is 2.31. The fourth-order valence-electron chi connectivity index (χ4n) is 4.52. The zero-order chi connectivity index (χ0) is 24.6. The third-order valence-corrected chi connectivity index (χ3v) is 8.29. The molecule has 0 unspecified atom stereocenters. The molecule has 0 fully saturated rings. The van der Waals surface area contributed by atoms with Crippen LogP contribution in [0.3, 0.4) is 0 Å². The molecule has 0 spiro atoms. The number of benzene rings is 2. The molecule has 0 aromatic heterocycles. The van der Waals surface area contributed by atoms with Crippen LogP contribution in [0.2, 0.25) is 0 Å². The van der Waals surface area contributed by atoms with Crippen molar-refractivity contribution < 1.29 is 16.0 Å². The Hall–Kier alpha value is -1.76. The van der Waals surface area contributed by atoms with Crippen LogP contribution in [-0.2, 0) is 12.6 Å². The molecule has 34 heavy (non-hydrogen) atoms. The Labute approximate surface area is 212 Å². The van der Waals surface area contributed by atoms with Crippen LogP contribution < -0.4 is 0 Å². The van der Waals surface area contributed by atoms with Crippen LogP contribution in [0.25, 0.3) is 10.8 Å². The molecule has 2 aromatic carbocycles. The summed E-state index contributed by atoms with van der Waals surface area (Å²) in [4.78, 5) is 11.7.